The highest BCUT2D eigenvalue weighted by Gasteiger charge is 2.29. The summed E-state index contributed by atoms with van der Waals surface area (Å²) >= 11 is 0. The van der Waals surface area contributed by atoms with E-state index < -0.39 is 0 Å². The Labute approximate surface area is 128 Å². The quantitative estimate of drug-likeness (QED) is 0.939. The Bertz CT molecular complexity index is 731. The molecule has 1 N–H and O–H groups in total. The lowest BCUT2D eigenvalue weighted by Gasteiger charge is -2.30. The number of methoxy groups -OCH3 is 1. The molecule has 2 heterocycles. The fourth-order valence-corrected chi connectivity index (χ4v) is 3.55. The zero-order chi connectivity index (χ0) is 15.1. The standard InChI is InChI=1S/C16H22N4O2/c1-22-13-5-3-2-4-12(13)20-15-11(9-17-20)16(21)19-14(18-15)8-10-6-7-10/h9-10,12-13H,2-8H2,1H3,(H,18,19,21)/t12?,13-/m0/s1. The summed E-state index contributed by atoms with van der Waals surface area (Å²) in [7, 11) is 1.76. The molecule has 2 aromatic heterocycles. The second-order valence-electron chi connectivity index (χ2n) is 6.61. The molecule has 2 aliphatic carbocycles. The van der Waals surface area contributed by atoms with Crippen LogP contribution in [0, 0.1) is 5.92 Å². The topological polar surface area (TPSA) is 72.8 Å². The van der Waals surface area contributed by atoms with Crippen LogP contribution in [-0.2, 0) is 11.2 Å². The summed E-state index contributed by atoms with van der Waals surface area (Å²) in [5, 5.41) is 5.05. The van der Waals surface area contributed by atoms with Crippen LogP contribution < -0.4 is 5.56 Å². The molecule has 2 aromatic rings. The maximum atomic E-state index is 12.3. The lowest BCUT2D eigenvalue weighted by Crippen LogP contribution is -2.30. The average Bonchev–Trinajstić information content (AvgIpc) is 3.24. The van der Waals surface area contributed by atoms with Crippen molar-refractivity contribution in [2.24, 2.45) is 5.92 Å². The van der Waals surface area contributed by atoms with Gasteiger partial charge in [-0.3, -0.25) is 4.79 Å². The smallest absolute Gasteiger partial charge is 0.262 e. The Morgan fingerprint density at radius 3 is 2.91 bits per heavy atom. The zero-order valence-corrected chi connectivity index (χ0v) is 12.9. The number of hydrogen-bond acceptors (Lipinski definition) is 4. The van der Waals surface area contributed by atoms with Crippen molar-refractivity contribution in [2.75, 3.05) is 7.11 Å². The highest BCUT2D eigenvalue weighted by Crippen LogP contribution is 2.33. The molecule has 22 heavy (non-hydrogen) atoms. The second-order valence-corrected chi connectivity index (χ2v) is 6.61. The molecule has 2 saturated carbocycles. The van der Waals surface area contributed by atoms with Crippen LogP contribution in [0.25, 0.3) is 11.0 Å². The van der Waals surface area contributed by atoms with E-state index in [0.29, 0.717) is 17.0 Å². The van der Waals surface area contributed by atoms with Gasteiger partial charge in [-0.2, -0.15) is 5.10 Å². The van der Waals surface area contributed by atoms with E-state index in [4.69, 9.17) is 9.72 Å². The number of rotatable bonds is 4. The number of fused-ring (bicyclic) bond motifs is 1. The van der Waals surface area contributed by atoms with Crippen molar-refractivity contribution < 1.29 is 4.74 Å². The summed E-state index contributed by atoms with van der Waals surface area (Å²) in [6.45, 7) is 0. The van der Waals surface area contributed by atoms with Gasteiger partial charge in [0.2, 0.25) is 0 Å². The van der Waals surface area contributed by atoms with E-state index in [-0.39, 0.29) is 17.7 Å². The predicted octanol–water partition coefficient (Wildman–Crippen LogP) is 2.20. The Hall–Kier alpha value is -1.69. The van der Waals surface area contributed by atoms with Crippen molar-refractivity contribution in [3.63, 3.8) is 0 Å². The van der Waals surface area contributed by atoms with Gasteiger partial charge in [0.1, 0.15) is 11.2 Å². The Morgan fingerprint density at radius 1 is 1.32 bits per heavy atom. The van der Waals surface area contributed by atoms with Gasteiger partial charge in [0.05, 0.1) is 18.3 Å². The first-order valence-electron chi connectivity index (χ1n) is 8.25. The summed E-state index contributed by atoms with van der Waals surface area (Å²) in [5.74, 6) is 1.49. The molecule has 2 fully saturated rings. The van der Waals surface area contributed by atoms with Crippen molar-refractivity contribution >= 4 is 11.0 Å². The van der Waals surface area contributed by atoms with Crippen molar-refractivity contribution in [2.45, 2.75) is 57.1 Å². The molecular weight excluding hydrogens is 280 g/mol. The fourth-order valence-electron chi connectivity index (χ4n) is 3.55. The molecule has 118 valence electrons. The largest absolute Gasteiger partial charge is 0.379 e. The van der Waals surface area contributed by atoms with Gasteiger partial charge in [0, 0.05) is 13.5 Å². The van der Waals surface area contributed by atoms with Gasteiger partial charge in [0.15, 0.2) is 5.65 Å². The number of ether oxygens (including phenoxy) is 1. The second kappa shape index (κ2) is 5.50. The van der Waals surface area contributed by atoms with Gasteiger partial charge < -0.3 is 9.72 Å². The van der Waals surface area contributed by atoms with Crippen molar-refractivity contribution in [1.29, 1.82) is 0 Å². The lowest BCUT2D eigenvalue weighted by molar-refractivity contribution is 0.0260. The lowest BCUT2D eigenvalue weighted by atomic mass is 9.92. The van der Waals surface area contributed by atoms with Crippen LogP contribution in [-0.4, -0.2) is 33.0 Å². The predicted molar refractivity (Wildman–Crippen MR) is 82.9 cm³/mol. The molecule has 6 nitrogen and oxygen atoms in total. The molecule has 2 atom stereocenters. The molecule has 4 rings (SSSR count). The maximum absolute atomic E-state index is 12.3. The third-order valence-electron chi connectivity index (χ3n) is 4.98. The molecule has 2 aliphatic rings. The van der Waals surface area contributed by atoms with Crippen molar-refractivity contribution in [1.82, 2.24) is 19.7 Å². The van der Waals surface area contributed by atoms with E-state index in [1.165, 1.54) is 25.7 Å². The number of nitrogens with zero attached hydrogens (tertiary/aromatic N) is 3. The van der Waals surface area contributed by atoms with Gasteiger partial charge in [-0.25, -0.2) is 9.67 Å². The minimum absolute atomic E-state index is 0.0725. The molecule has 0 aliphatic heterocycles. The van der Waals surface area contributed by atoms with E-state index in [1.54, 1.807) is 13.3 Å². The van der Waals surface area contributed by atoms with Gasteiger partial charge in [0.25, 0.3) is 5.56 Å². The summed E-state index contributed by atoms with van der Waals surface area (Å²) in [6, 6.07) is 0.180. The Balaban J connectivity index is 1.76. The van der Waals surface area contributed by atoms with E-state index in [1.807, 2.05) is 4.68 Å². The highest BCUT2D eigenvalue weighted by atomic mass is 16.5. The molecule has 0 bridgehead atoms. The summed E-state index contributed by atoms with van der Waals surface area (Å²) < 4.78 is 7.56. The molecule has 0 aromatic carbocycles. The molecule has 0 saturated heterocycles. The van der Waals surface area contributed by atoms with Gasteiger partial charge in [-0.1, -0.05) is 12.8 Å². The summed E-state index contributed by atoms with van der Waals surface area (Å²) in [5.41, 5.74) is 0.644. The van der Waals surface area contributed by atoms with Crippen LogP contribution in [0.3, 0.4) is 0 Å². The number of aromatic amines is 1. The minimum Gasteiger partial charge on any atom is -0.379 e. The fraction of sp³-hybridized carbons (Fsp3) is 0.688. The first kappa shape index (κ1) is 13.9. The Kier molecular flexibility index (Phi) is 3.48. The van der Waals surface area contributed by atoms with Crippen LogP contribution in [0.1, 0.15) is 50.4 Å². The number of aromatic nitrogens is 4. The summed E-state index contributed by atoms with van der Waals surface area (Å²) in [6.07, 6.45) is 9.59. The third kappa shape index (κ3) is 2.45. The highest BCUT2D eigenvalue weighted by molar-refractivity contribution is 5.73. The van der Waals surface area contributed by atoms with Crippen LogP contribution >= 0.6 is 0 Å². The Morgan fingerprint density at radius 2 is 2.14 bits per heavy atom. The maximum Gasteiger partial charge on any atom is 0.262 e. The van der Waals surface area contributed by atoms with Crippen LogP contribution in [0.4, 0.5) is 0 Å². The van der Waals surface area contributed by atoms with Crippen molar-refractivity contribution in [3.05, 3.63) is 22.4 Å². The molecule has 0 spiro atoms. The zero-order valence-electron chi connectivity index (χ0n) is 12.9. The molecule has 1 unspecified atom stereocenters. The van der Waals surface area contributed by atoms with E-state index in [2.05, 4.69) is 10.1 Å². The molecule has 0 radical (unpaired) electrons. The first-order valence-corrected chi connectivity index (χ1v) is 8.25. The van der Waals surface area contributed by atoms with Gasteiger partial charge in [-0.05, 0) is 31.6 Å². The van der Waals surface area contributed by atoms with E-state index >= 15 is 0 Å². The third-order valence-corrected chi connectivity index (χ3v) is 4.98. The first-order chi connectivity index (χ1) is 10.8. The van der Waals surface area contributed by atoms with Crippen LogP contribution in [0.2, 0.25) is 0 Å². The van der Waals surface area contributed by atoms with Gasteiger partial charge >= 0.3 is 0 Å². The SMILES string of the molecule is CO[C@H]1CCCCC1n1ncc2c(=O)[nH]c(CC3CC3)nc21. The molecule has 6 heteroatoms. The number of H-pyrrole nitrogens is 1. The molecular formula is C16H22N4O2. The normalized spacial score (nSPS) is 25.7. The van der Waals surface area contributed by atoms with Crippen LogP contribution in [0.5, 0.6) is 0 Å². The van der Waals surface area contributed by atoms with Crippen molar-refractivity contribution in [3.8, 4) is 0 Å². The average molecular weight is 302 g/mol. The monoisotopic (exact) mass is 302 g/mol. The van der Waals surface area contributed by atoms with Gasteiger partial charge in [-0.15, -0.1) is 0 Å². The number of hydrogen-bond donors (Lipinski definition) is 1. The van der Waals surface area contributed by atoms with Crippen LogP contribution in [0.15, 0.2) is 11.0 Å². The molecule has 0 amide bonds. The summed E-state index contributed by atoms with van der Waals surface area (Å²) in [4.78, 5) is 19.9. The number of nitrogens with one attached hydrogen (secondary N) is 1. The van der Waals surface area contributed by atoms with E-state index in [0.717, 1.165) is 25.1 Å². The van der Waals surface area contributed by atoms with E-state index in [9.17, 15) is 4.79 Å². The minimum atomic E-state index is -0.0725.